The molecule has 20 N–H and O–H groups in total. The Morgan fingerprint density at radius 3 is 1.96 bits per heavy atom. The van der Waals surface area contributed by atoms with Crippen LogP contribution >= 0.6 is 0 Å². The number of rotatable bonds is 38. The van der Waals surface area contributed by atoms with Gasteiger partial charge in [0.2, 0.25) is 65.0 Å². The van der Waals surface area contributed by atoms with E-state index in [1.165, 1.54) is 66.0 Å². The lowest BCUT2D eigenvalue weighted by Gasteiger charge is -2.30. The second kappa shape index (κ2) is 37.9. The van der Waals surface area contributed by atoms with Crippen molar-refractivity contribution in [2.75, 3.05) is 32.8 Å². The van der Waals surface area contributed by atoms with Gasteiger partial charge in [0.05, 0.1) is 19.5 Å². The molecule has 2 aliphatic rings. The molecule has 2 fully saturated rings. The Balaban J connectivity index is 1.14. The van der Waals surface area contributed by atoms with Crippen molar-refractivity contribution in [1.82, 2.24) is 73.0 Å². The van der Waals surface area contributed by atoms with Crippen molar-refractivity contribution in [3.8, 4) is 5.75 Å². The van der Waals surface area contributed by atoms with Gasteiger partial charge in [-0.1, -0.05) is 61.4 Å². The average Bonchev–Trinajstić information content (AvgIpc) is 1.73. The van der Waals surface area contributed by atoms with Gasteiger partial charge in [-0.2, -0.15) is 0 Å². The number of likely N-dealkylation sites (tertiary alicyclic amines) is 1. The van der Waals surface area contributed by atoms with Crippen molar-refractivity contribution in [2.45, 2.75) is 152 Å². The van der Waals surface area contributed by atoms with E-state index in [4.69, 9.17) is 22.7 Å². The predicted molar refractivity (Wildman–Crippen MR) is 366 cm³/mol. The van der Waals surface area contributed by atoms with Crippen LogP contribution < -0.4 is 70.4 Å². The van der Waals surface area contributed by atoms with Crippen molar-refractivity contribution in [3.63, 3.8) is 0 Å². The van der Waals surface area contributed by atoms with Crippen LogP contribution in [-0.2, 0) is 72.0 Å². The number of nitrogens with one attached hydrogen (secondary N) is 12. The van der Waals surface area contributed by atoms with E-state index in [1.807, 2.05) is 0 Å². The number of aliphatic hydroxyl groups excluding tert-OH is 1. The van der Waals surface area contributed by atoms with Gasteiger partial charge >= 0.3 is 0 Å². The number of primary amides is 1. The molecule has 0 bridgehead atoms. The number of aliphatic imine (C=N–C) groups is 1. The van der Waals surface area contributed by atoms with Crippen molar-refractivity contribution >= 4 is 93.4 Å². The first-order valence-electron chi connectivity index (χ1n) is 33.1. The van der Waals surface area contributed by atoms with Gasteiger partial charge in [-0.3, -0.25) is 62.5 Å². The highest BCUT2D eigenvalue weighted by atomic mass is 16.3. The van der Waals surface area contributed by atoms with E-state index >= 15 is 4.79 Å². The highest BCUT2D eigenvalue weighted by Crippen LogP contribution is 2.23. The van der Waals surface area contributed by atoms with Gasteiger partial charge < -0.3 is 95.4 Å². The van der Waals surface area contributed by atoms with Crippen LogP contribution in [0.4, 0.5) is 5.69 Å². The fourth-order valence-electron chi connectivity index (χ4n) is 11.6. The summed E-state index contributed by atoms with van der Waals surface area (Å²) in [6, 6.07) is 6.00. The summed E-state index contributed by atoms with van der Waals surface area (Å²) in [6.07, 6.45) is 4.94. The number of nitrogens with two attached hydrogens (primary N) is 3. The summed E-state index contributed by atoms with van der Waals surface area (Å²) in [7, 11) is 0. The Hall–Kier alpha value is -11.6. The van der Waals surface area contributed by atoms with Crippen LogP contribution in [0.15, 0.2) is 102 Å². The molecule has 5 aromatic rings. The van der Waals surface area contributed by atoms with E-state index in [-0.39, 0.29) is 131 Å². The molecule has 101 heavy (non-hydrogen) atoms. The molecule has 7 rings (SSSR count). The third-order valence-electron chi connectivity index (χ3n) is 16.8. The van der Waals surface area contributed by atoms with E-state index in [2.05, 4.69) is 83.1 Å². The van der Waals surface area contributed by atoms with Crippen molar-refractivity contribution < 1.29 is 67.7 Å². The summed E-state index contributed by atoms with van der Waals surface area (Å²) in [4.78, 5) is 185. The van der Waals surface area contributed by atoms with Crippen LogP contribution in [0.25, 0.3) is 21.3 Å². The minimum Gasteiger partial charge on any atom is -0.508 e. The second-order valence-electron chi connectivity index (χ2n) is 24.9. The molecule has 2 aromatic heterocycles. The molecule has 35 nitrogen and oxygen atoms in total. The third kappa shape index (κ3) is 23.5. The maximum absolute atomic E-state index is 15.0. The third-order valence-corrected chi connectivity index (χ3v) is 16.8. The first kappa shape index (κ1) is 76.8. The smallest absolute Gasteiger partial charge is 0.251 e. The number of carbonyl (C=O) groups excluding carboxylic acids is 12. The minimum atomic E-state index is -1.84. The number of carbonyl (C=O) groups is 12. The monoisotopic (exact) mass is 1400 g/mol. The number of aromatic nitrogens is 3. The number of azide groups is 1. The van der Waals surface area contributed by atoms with Gasteiger partial charge in [-0.25, -0.2) is 4.98 Å². The van der Waals surface area contributed by atoms with E-state index in [9.17, 15) is 63.0 Å². The molecule has 4 heterocycles. The molecule has 0 spiro atoms. The Kier molecular flexibility index (Phi) is 28.8. The number of aromatic amines is 2. The normalized spacial score (nSPS) is 16.1. The SMILES string of the molecule is CC(C)C[C@H](NC(=O)[C@@H](CCCCNC(=O)c1ccc(N=[N+]=[N-])cc1)NC(=O)[C@H](Cc1ccc(O)cc1)NC(=O)[C@H](CO)NC(=O)[C@H](Cc1c[nH]c2ccccc12)NC(=O)[C@H](Cc1cnc[nH]1)NC(=O)[C@@H]1CCC(=O)N1)C(=O)N[C@@H](CCCN=C(N)N)C(=O)N1CCC[C@H]1C(=O)NCC(N)=O. The molecule has 35 heteroatoms. The number of amides is 12. The summed E-state index contributed by atoms with van der Waals surface area (Å²) in [5, 5.41) is 51.8. The first-order chi connectivity index (χ1) is 48.4. The van der Waals surface area contributed by atoms with E-state index in [0.717, 1.165) is 0 Å². The summed E-state index contributed by atoms with van der Waals surface area (Å²) in [6.45, 7) is 2.22. The molecular formula is C66H87N21O14. The molecule has 9 atom stereocenters. The number of nitrogens with zero attached hydrogens (tertiary/aromatic N) is 6. The number of H-pyrrole nitrogens is 2. The van der Waals surface area contributed by atoms with Gasteiger partial charge in [-0.05, 0) is 111 Å². The van der Waals surface area contributed by atoms with Gasteiger partial charge in [0, 0.05) is 90.5 Å². The Morgan fingerprint density at radius 1 is 0.693 bits per heavy atom. The molecule has 540 valence electrons. The summed E-state index contributed by atoms with van der Waals surface area (Å²) in [5.74, 6) is -9.92. The number of phenolic OH excluding ortho intramolecular Hbond substituents is 1. The van der Waals surface area contributed by atoms with Gasteiger partial charge in [0.15, 0.2) is 5.96 Å². The van der Waals surface area contributed by atoms with Crippen LogP contribution in [0, 0.1) is 5.92 Å². The van der Waals surface area contributed by atoms with E-state index in [1.54, 1.807) is 44.3 Å². The lowest BCUT2D eigenvalue weighted by Crippen LogP contribution is -2.61. The predicted octanol–water partition coefficient (Wildman–Crippen LogP) is -1.48. The van der Waals surface area contributed by atoms with Gasteiger partial charge in [0.1, 0.15) is 60.1 Å². The first-order valence-corrected chi connectivity index (χ1v) is 33.1. The number of aliphatic hydroxyl groups is 1. The molecule has 0 aliphatic carbocycles. The maximum atomic E-state index is 15.0. The largest absolute Gasteiger partial charge is 0.508 e. The van der Waals surface area contributed by atoms with Crippen molar-refractivity contribution in [1.29, 1.82) is 0 Å². The van der Waals surface area contributed by atoms with Crippen LogP contribution in [0.3, 0.4) is 0 Å². The summed E-state index contributed by atoms with van der Waals surface area (Å²) >= 11 is 0. The number of para-hydroxylation sites is 1. The molecule has 3 aromatic carbocycles. The molecule has 2 aliphatic heterocycles. The highest BCUT2D eigenvalue weighted by Gasteiger charge is 2.40. The number of aromatic hydroxyl groups is 1. The molecule has 0 radical (unpaired) electrons. The number of phenols is 1. The number of benzene rings is 3. The van der Waals surface area contributed by atoms with E-state index < -0.39 is 133 Å². The fraction of sp³-hybridized carbons (Fsp3) is 0.455. The van der Waals surface area contributed by atoms with Crippen LogP contribution in [0.5, 0.6) is 5.75 Å². The van der Waals surface area contributed by atoms with Crippen LogP contribution in [0.2, 0.25) is 0 Å². The number of hydrogen-bond acceptors (Lipinski definition) is 17. The maximum Gasteiger partial charge on any atom is 0.251 e. The Morgan fingerprint density at radius 2 is 1.32 bits per heavy atom. The Labute approximate surface area is 579 Å². The number of imidazole rings is 1. The number of fused-ring (bicyclic) bond motifs is 1. The van der Waals surface area contributed by atoms with E-state index in [0.29, 0.717) is 34.1 Å². The molecule has 2 saturated heterocycles. The zero-order chi connectivity index (χ0) is 73.1. The molecule has 12 amide bonds. The van der Waals surface area contributed by atoms with Crippen molar-refractivity contribution in [3.05, 3.63) is 124 Å². The lowest BCUT2D eigenvalue weighted by atomic mass is 10.00. The number of unbranched alkanes of at least 4 members (excludes halogenated alkanes) is 1. The molecule has 0 saturated carbocycles. The van der Waals surface area contributed by atoms with Crippen LogP contribution in [-0.4, -0.2) is 194 Å². The van der Waals surface area contributed by atoms with Gasteiger partial charge in [0.25, 0.3) is 5.91 Å². The summed E-state index contributed by atoms with van der Waals surface area (Å²) < 4.78 is 0. The zero-order valence-electron chi connectivity index (χ0n) is 55.9. The Bertz CT molecular complexity index is 3820. The second-order valence-corrected chi connectivity index (χ2v) is 24.9. The lowest BCUT2D eigenvalue weighted by molar-refractivity contribution is -0.142. The number of guanidine groups is 1. The molecular weight excluding hydrogens is 1310 g/mol. The standard InChI is InChI=1S/C66H87N21O14/c1-36(2)27-48(59(95)79-47(12-7-25-73-66(68)69)65(101)87-26-8-13-53(87)64(100)75-33-54(67)90)80-57(93)45(11-5-6-24-72-56(92)38-16-18-40(19-17-38)85-86-70)78-60(96)49(28-37-14-20-42(89)21-15-37)81-63(99)52(34-88)84-61(97)50(29-39-31-74-44-10-4-3-9-43(39)44)82-62(98)51(30-41-32-71-35-76-41)83-58(94)46-22-23-55(91)77-46/h3-4,9-10,14-21,31-32,35-36,45-53,74,88-89H,5-8,11-13,22-30,33-34H2,1-2H3,(H2,67,90)(H,71,76)(H,72,92)(H,75,100)(H,77,91)(H,78,96)(H,79,95)(H,80,93)(H,81,99)(H,82,98)(H,83,94)(H,84,97)(H4,68,69,73)/t45-,46+,47+,48+,49+,50+,51+,52+,53+/m1/s1. The fourth-order valence-corrected chi connectivity index (χ4v) is 11.6. The number of hydrogen-bond donors (Lipinski definition) is 17. The summed E-state index contributed by atoms with van der Waals surface area (Å²) in [5.41, 5.74) is 27.8. The van der Waals surface area contributed by atoms with Crippen molar-refractivity contribution in [2.24, 2.45) is 33.2 Å². The van der Waals surface area contributed by atoms with Crippen LogP contribution in [0.1, 0.15) is 105 Å². The minimum absolute atomic E-state index is 0.0192. The topological polar surface area (TPSA) is 552 Å². The molecule has 0 unspecified atom stereocenters. The average molecular weight is 1400 g/mol. The highest BCUT2D eigenvalue weighted by molar-refractivity contribution is 6.00. The quantitative estimate of drug-likeness (QED) is 0.00535. The zero-order valence-corrected chi connectivity index (χ0v) is 55.9. The van der Waals surface area contributed by atoms with Gasteiger partial charge in [-0.15, -0.1) is 0 Å².